The van der Waals surface area contributed by atoms with Crippen molar-refractivity contribution in [3.05, 3.63) is 59.0 Å². The van der Waals surface area contributed by atoms with Crippen LogP contribution >= 0.6 is 0 Å². The number of rotatable bonds is 6. The number of amides is 1. The molecule has 1 amide bonds. The van der Waals surface area contributed by atoms with Crippen LogP contribution in [-0.2, 0) is 9.53 Å². The van der Waals surface area contributed by atoms with Gasteiger partial charge in [-0.3, -0.25) is 9.59 Å². The summed E-state index contributed by atoms with van der Waals surface area (Å²) in [5.74, 6) is 1.72. The van der Waals surface area contributed by atoms with Crippen LogP contribution in [0.3, 0.4) is 0 Å². The van der Waals surface area contributed by atoms with Gasteiger partial charge in [0.25, 0.3) is 5.91 Å². The van der Waals surface area contributed by atoms with Gasteiger partial charge in [0.1, 0.15) is 23.3 Å². The largest absolute Gasteiger partial charge is 0.497 e. The standard InChI is InChI=1S/C25H25NO6/c1-29-18-6-4-16(5-7-18)21-13-32-23-12-19(8-9-20(23)25(21)28)31-15-24(27)26-10-11-30-14-22(26)17-2-3-17/h4-9,12-13,17,22H,2-3,10-11,14-15H2,1H3. The highest BCUT2D eigenvalue weighted by atomic mass is 16.5. The van der Waals surface area contributed by atoms with Crippen molar-refractivity contribution in [3.8, 4) is 22.6 Å². The van der Waals surface area contributed by atoms with Gasteiger partial charge in [-0.15, -0.1) is 0 Å². The Kier molecular flexibility index (Phi) is 5.57. The Balaban J connectivity index is 1.31. The molecule has 0 bridgehead atoms. The summed E-state index contributed by atoms with van der Waals surface area (Å²) in [6.45, 7) is 1.72. The van der Waals surface area contributed by atoms with E-state index in [1.165, 1.54) is 6.26 Å². The third kappa shape index (κ3) is 4.08. The van der Waals surface area contributed by atoms with Crippen LogP contribution in [-0.4, -0.2) is 50.3 Å². The predicted molar refractivity (Wildman–Crippen MR) is 119 cm³/mol. The lowest BCUT2D eigenvalue weighted by Crippen LogP contribution is -2.51. The molecule has 2 fully saturated rings. The van der Waals surface area contributed by atoms with E-state index in [9.17, 15) is 9.59 Å². The topological polar surface area (TPSA) is 78.2 Å². The molecule has 3 aromatic rings. The van der Waals surface area contributed by atoms with Gasteiger partial charge in [-0.1, -0.05) is 12.1 Å². The number of carbonyl (C=O) groups excluding carboxylic acids is 1. The maximum Gasteiger partial charge on any atom is 0.260 e. The summed E-state index contributed by atoms with van der Waals surface area (Å²) in [6.07, 6.45) is 3.76. The first-order chi connectivity index (χ1) is 15.6. The van der Waals surface area contributed by atoms with Crippen LogP contribution in [0.5, 0.6) is 11.5 Å². The number of methoxy groups -OCH3 is 1. The predicted octanol–water partition coefficient (Wildman–Crippen LogP) is 3.48. The molecular formula is C25H25NO6. The van der Waals surface area contributed by atoms with E-state index >= 15 is 0 Å². The SMILES string of the molecule is COc1ccc(-c2coc3cc(OCC(=O)N4CCOCC4C4CC4)ccc3c2=O)cc1. The third-order valence-corrected chi connectivity index (χ3v) is 6.16. The lowest BCUT2D eigenvalue weighted by atomic mass is 10.1. The second kappa shape index (κ2) is 8.67. The van der Waals surface area contributed by atoms with Gasteiger partial charge in [0.05, 0.1) is 37.3 Å². The first-order valence-electron chi connectivity index (χ1n) is 10.8. The second-order valence-corrected chi connectivity index (χ2v) is 8.22. The van der Waals surface area contributed by atoms with E-state index in [1.807, 2.05) is 17.0 Å². The summed E-state index contributed by atoms with van der Waals surface area (Å²) in [7, 11) is 1.60. The first-order valence-corrected chi connectivity index (χ1v) is 10.8. The van der Waals surface area contributed by atoms with Gasteiger partial charge in [0, 0.05) is 12.6 Å². The van der Waals surface area contributed by atoms with Crippen molar-refractivity contribution < 1.29 is 23.4 Å². The smallest absolute Gasteiger partial charge is 0.260 e. The highest BCUT2D eigenvalue weighted by molar-refractivity contribution is 5.83. The average Bonchev–Trinajstić information content (AvgIpc) is 3.68. The van der Waals surface area contributed by atoms with Crippen molar-refractivity contribution in [2.75, 3.05) is 33.5 Å². The maximum absolute atomic E-state index is 13.0. The molecule has 5 rings (SSSR count). The summed E-state index contributed by atoms with van der Waals surface area (Å²) < 4.78 is 22.2. The number of hydrogen-bond acceptors (Lipinski definition) is 6. The normalized spacial score (nSPS) is 18.5. The van der Waals surface area contributed by atoms with Crippen molar-refractivity contribution in [2.45, 2.75) is 18.9 Å². The quantitative estimate of drug-likeness (QED) is 0.590. The van der Waals surface area contributed by atoms with E-state index in [4.69, 9.17) is 18.6 Å². The van der Waals surface area contributed by atoms with Crippen molar-refractivity contribution in [1.82, 2.24) is 4.90 Å². The summed E-state index contributed by atoms with van der Waals surface area (Å²) >= 11 is 0. The van der Waals surface area contributed by atoms with Crippen LogP contribution in [0, 0.1) is 5.92 Å². The Labute approximate surface area is 185 Å². The molecule has 32 heavy (non-hydrogen) atoms. The van der Waals surface area contributed by atoms with Crippen molar-refractivity contribution >= 4 is 16.9 Å². The summed E-state index contributed by atoms with van der Waals surface area (Å²) in [5.41, 5.74) is 1.52. The molecule has 1 aromatic heterocycles. The van der Waals surface area contributed by atoms with Gasteiger partial charge in [-0.05, 0) is 48.6 Å². The Morgan fingerprint density at radius 1 is 1.12 bits per heavy atom. The molecule has 1 aliphatic heterocycles. The third-order valence-electron chi connectivity index (χ3n) is 6.16. The lowest BCUT2D eigenvalue weighted by Gasteiger charge is -2.35. The molecule has 0 spiro atoms. The van der Waals surface area contributed by atoms with E-state index in [2.05, 4.69) is 0 Å². The Hall–Kier alpha value is -3.32. The van der Waals surface area contributed by atoms with Crippen LogP contribution in [0.4, 0.5) is 0 Å². The van der Waals surface area contributed by atoms with Crippen LogP contribution in [0.2, 0.25) is 0 Å². The number of benzene rings is 2. The van der Waals surface area contributed by atoms with E-state index in [1.54, 1.807) is 37.4 Å². The number of ether oxygens (including phenoxy) is 3. The summed E-state index contributed by atoms with van der Waals surface area (Å²) in [5, 5.41) is 0.457. The van der Waals surface area contributed by atoms with Crippen molar-refractivity contribution in [1.29, 1.82) is 0 Å². The van der Waals surface area contributed by atoms with Crippen LogP contribution in [0.25, 0.3) is 22.1 Å². The zero-order valence-corrected chi connectivity index (χ0v) is 17.9. The molecule has 2 aliphatic rings. The molecule has 7 heteroatoms. The van der Waals surface area contributed by atoms with E-state index in [-0.39, 0.29) is 24.0 Å². The monoisotopic (exact) mass is 435 g/mol. The van der Waals surface area contributed by atoms with Crippen molar-refractivity contribution in [3.63, 3.8) is 0 Å². The Morgan fingerprint density at radius 2 is 1.91 bits per heavy atom. The van der Waals surface area contributed by atoms with Gasteiger partial charge >= 0.3 is 0 Å². The lowest BCUT2D eigenvalue weighted by molar-refractivity contribution is -0.142. The molecule has 2 heterocycles. The molecule has 1 aliphatic carbocycles. The Bertz CT molecular complexity index is 1180. The summed E-state index contributed by atoms with van der Waals surface area (Å²) in [4.78, 5) is 27.6. The van der Waals surface area contributed by atoms with Gasteiger partial charge in [-0.2, -0.15) is 0 Å². The van der Waals surface area contributed by atoms with Gasteiger partial charge in [0.2, 0.25) is 0 Å². The highest BCUT2D eigenvalue weighted by Gasteiger charge is 2.39. The zero-order valence-electron chi connectivity index (χ0n) is 17.9. The fourth-order valence-corrected chi connectivity index (χ4v) is 4.20. The van der Waals surface area contributed by atoms with Crippen LogP contribution < -0.4 is 14.9 Å². The fraction of sp³-hybridized carbons (Fsp3) is 0.360. The molecule has 1 saturated carbocycles. The molecule has 0 N–H and O–H groups in total. The minimum absolute atomic E-state index is 0.0402. The average molecular weight is 435 g/mol. The van der Waals surface area contributed by atoms with Crippen molar-refractivity contribution in [2.24, 2.45) is 5.92 Å². The number of morpholine rings is 1. The van der Waals surface area contributed by atoms with Gasteiger partial charge < -0.3 is 23.5 Å². The molecule has 2 aromatic carbocycles. The minimum Gasteiger partial charge on any atom is -0.497 e. The summed E-state index contributed by atoms with van der Waals surface area (Å²) in [6, 6.07) is 12.4. The number of nitrogens with zero attached hydrogens (tertiary/aromatic N) is 1. The molecule has 166 valence electrons. The van der Waals surface area contributed by atoms with E-state index in [0.29, 0.717) is 48.0 Å². The molecule has 0 radical (unpaired) electrons. The van der Waals surface area contributed by atoms with E-state index in [0.717, 1.165) is 24.2 Å². The molecule has 7 nitrogen and oxygen atoms in total. The molecule has 1 atom stereocenters. The van der Waals surface area contributed by atoms with Gasteiger partial charge in [-0.25, -0.2) is 0 Å². The van der Waals surface area contributed by atoms with Crippen LogP contribution in [0.15, 0.2) is 57.9 Å². The second-order valence-electron chi connectivity index (χ2n) is 8.22. The zero-order chi connectivity index (χ0) is 22.1. The molecule has 1 saturated heterocycles. The molecular weight excluding hydrogens is 410 g/mol. The number of carbonyl (C=O) groups is 1. The highest BCUT2D eigenvalue weighted by Crippen LogP contribution is 2.36. The number of fused-ring (bicyclic) bond motifs is 1. The van der Waals surface area contributed by atoms with E-state index < -0.39 is 0 Å². The molecule has 1 unspecified atom stereocenters. The fourth-order valence-electron chi connectivity index (χ4n) is 4.20. The van der Waals surface area contributed by atoms with Crippen LogP contribution in [0.1, 0.15) is 12.8 Å². The first kappa shape index (κ1) is 20.6. The minimum atomic E-state index is -0.125. The van der Waals surface area contributed by atoms with Gasteiger partial charge in [0.15, 0.2) is 12.0 Å². The number of hydrogen-bond donors (Lipinski definition) is 0. The maximum atomic E-state index is 13.0. The Morgan fingerprint density at radius 3 is 2.66 bits per heavy atom.